The van der Waals surface area contributed by atoms with Gasteiger partial charge in [0.15, 0.2) is 0 Å². The molecule has 19 heavy (non-hydrogen) atoms. The number of nitrogens with zero attached hydrogens (tertiary/aromatic N) is 1. The molecule has 3 heteroatoms. The molecule has 0 saturated carbocycles. The van der Waals surface area contributed by atoms with Crippen molar-refractivity contribution in [2.45, 2.75) is 51.6 Å². The molecule has 3 nitrogen and oxygen atoms in total. The molecule has 0 unspecified atom stereocenters. The van der Waals surface area contributed by atoms with Gasteiger partial charge in [0, 0.05) is 11.2 Å². The maximum absolute atomic E-state index is 12.3. The maximum atomic E-state index is 12.3. The lowest BCUT2D eigenvalue weighted by Gasteiger charge is -2.43. The van der Waals surface area contributed by atoms with Crippen LogP contribution in [-0.2, 0) is 9.53 Å². The Bertz CT molecular complexity index is 495. The van der Waals surface area contributed by atoms with Crippen LogP contribution in [0.15, 0.2) is 24.3 Å². The summed E-state index contributed by atoms with van der Waals surface area (Å²) in [6.45, 7) is 8.45. The van der Waals surface area contributed by atoms with E-state index in [0.717, 1.165) is 18.5 Å². The second-order valence-electron chi connectivity index (χ2n) is 6.20. The molecule has 1 saturated heterocycles. The average Bonchev–Trinajstić information content (AvgIpc) is 2.62. The van der Waals surface area contributed by atoms with Crippen LogP contribution >= 0.6 is 0 Å². The van der Waals surface area contributed by atoms with Gasteiger partial charge in [0.1, 0.15) is 5.54 Å². The van der Waals surface area contributed by atoms with Crippen LogP contribution in [-0.4, -0.2) is 24.2 Å². The van der Waals surface area contributed by atoms with E-state index in [0.29, 0.717) is 0 Å². The average molecular weight is 261 g/mol. The van der Waals surface area contributed by atoms with Gasteiger partial charge in [-0.25, -0.2) is 4.79 Å². The minimum Gasteiger partial charge on any atom is -0.467 e. The minimum atomic E-state index is -0.579. The van der Waals surface area contributed by atoms with Crippen molar-refractivity contribution in [2.24, 2.45) is 0 Å². The Morgan fingerprint density at radius 3 is 2.42 bits per heavy atom. The molecule has 1 aromatic rings. The van der Waals surface area contributed by atoms with Crippen LogP contribution in [0.4, 0.5) is 5.69 Å². The van der Waals surface area contributed by atoms with Crippen LogP contribution in [0.5, 0.6) is 0 Å². The van der Waals surface area contributed by atoms with Crippen LogP contribution < -0.4 is 4.90 Å². The highest BCUT2D eigenvalue weighted by Crippen LogP contribution is 2.45. The summed E-state index contributed by atoms with van der Waals surface area (Å²) in [6.07, 6.45) is 1.80. The Balaban J connectivity index is 2.55. The van der Waals surface area contributed by atoms with Crippen LogP contribution in [0.3, 0.4) is 0 Å². The third kappa shape index (κ3) is 2.11. The van der Waals surface area contributed by atoms with Crippen LogP contribution in [0.2, 0.25) is 0 Å². The van der Waals surface area contributed by atoms with Crippen molar-refractivity contribution in [3.63, 3.8) is 0 Å². The number of esters is 1. The van der Waals surface area contributed by atoms with Gasteiger partial charge in [-0.05, 0) is 52.2 Å². The van der Waals surface area contributed by atoms with E-state index in [2.05, 4.69) is 37.8 Å². The fourth-order valence-corrected chi connectivity index (χ4v) is 3.26. The number of para-hydroxylation sites is 1. The van der Waals surface area contributed by atoms with E-state index >= 15 is 0 Å². The molecule has 0 aliphatic carbocycles. The SMILES string of the molecule is COC(=O)[C@@]1(C)CCC(C)(C)N1c1ccccc1C. The standard InChI is InChI=1S/C16H23NO2/c1-12-8-6-7-9-13(12)17-15(2,3)10-11-16(17,4)14(18)19-5/h6-9H,10-11H2,1-5H3/t16-/m1/s1. The number of carbonyl (C=O) groups excluding carboxylic acids is 1. The third-order valence-electron chi connectivity index (χ3n) is 4.30. The summed E-state index contributed by atoms with van der Waals surface area (Å²) in [5.74, 6) is -0.152. The Morgan fingerprint density at radius 2 is 1.84 bits per heavy atom. The normalized spacial score (nSPS) is 25.4. The number of benzene rings is 1. The number of methoxy groups -OCH3 is 1. The van der Waals surface area contributed by atoms with Gasteiger partial charge in [0.05, 0.1) is 7.11 Å². The molecule has 1 aliphatic heterocycles. The zero-order chi connectivity index (χ0) is 14.3. The number of anilines is 1. The molecule has 1 aromatic carbocycles. The summed E-state index contributed by atoms with van der Waals surface area (Å²) in [7, 11) is 1.47. The molecule has 1 aliphatic rings. The first-order valence-corrected chi connectivity index (χ1v) is 6.77. The van der Waals surface area contributed by atoms with Gasteiger partial charge in [-0.2, -0.15) is 0 Å². The van der Waals surface area contributed by atoms with Crippen molar-refractivity contribution in [3.05, 3.63) is 29.8 Å². The molecule has 0 radical (unpaired) electrons. The van der Waals surface area contributed by atoms with Gasteiger partial charge < -0.3 is 9.64 Å². The fraction of sp³-hybridized carbons (Fsp3) is 0.562. The quantitative estimate of drug-likeness (QED) is 0.765. The summed E-state index contributed by atoms with van der Waals surface area (Å²) in [5, 5.41) is 0. The molecule has 0 aromatic heterocycles. The van der Waals surface area contributed by atoms with E-state index in [9.17, 15) is 4.79 Å². The van der Waals surface area contributed by atoms with Crippen LogP contribution in [0.1, 0.15) is 39.2 Å². The number of hydrogen-bond donors (Lipinski definition) is 0. The number of carbonyl (C=O) groups is 1. The van der Waals surface area contributed by atoms with Crippen molar-refractivity contribution in [3.8, 4) is 0 Å². The van der Waals surface area contributed by atoms with E-state index in [1.165, 1.54) is 12.7 Å². The molecule has 0 amide bonds. The molecule has 0 N–H and O–H groups in total. The van der Waals surface area contributed by atoms with Crippen molar-refractivity contribution >= 4 is 11.7 Å². The molecule has 2 rings (SSSR count). The highest BCUT2D eigenvalue weighted by atomic mass is 16.5. The summed E-state index contributed by atoms with van der Waals surface area (Å²) in [5.41, 5.74) is 1.69. The number of aryl methyl sites for hydroxylation is 1. The van der Waals surface area contributed by atoms with Crippen LogP contribution in [0, 0.1) is 6.92 Å². The topological polar surface area (TPSA) is 29.5 Å². The van der Waals surface area contributed by atoms with Gasteiger partial charge in [-0.3, -0.25) is 0 Å². The van der Waals surface area contributed by atoms with Gasteiger partial charge >= 0.3 is 5.97 Å². The van der Waals surface area contributed by atoms with Crippen molar-refractivity contribution in [2.75, 3.05) is 12.0 Å². The molecule has 1 heterocycles. The van der Waals surface area contributed by atoms with Crippen molar-refractivity contribution in [1.82, 2.24) is 0 Å². The van der Waals surface area contributed by atoms with Gasteiger partial charge in [0.25, 0.3) is 0 Å². The first-order valence-electron chi connectivity index (χ1n) is 6.77. The molecule has 104 valence electrons. The number of rotatable bonds is 2. The molecule has 0 bridgehead atoms. The summed E-state index contributed by atoms with van der Waals surface area (Å²) >= 11 is 0. The molecule has 0 spiro atoms. The summed E-state index contributed by atoms with van der Waals surface area (Å²) in [4.78, 5) is 14.5. The van der Waals surface area contributed by atoms with E-state index in [1.807, 2.05) is 19.1 Å². The third-order valence-corrected chi connectivity index (χ3v) is 4.30. The fourth-order valence-electron chi connectivity index (χ4n) is 3.26. The Hall–Kier alpha value is -1.51. The lowest BCUT2D eigenvalue weighted by molar-refractivity contribution is -0.146. The first-order chi connectivity index (χ1) is 8.83. The first kappa shape index (κ1) is 13.9. The molecule has 1 fully saturated rings. The zero-order valence-electron chi connectivity index (χ0n) is 12.5. The highest BCUT2D eigenvalue weighted by Gasteiger charge is 2.53. The van der Waals surface area contributed by atoms with E-state index < -0.39 is 5.54 Å². The van der Waals surface area contributed by atoms with E-state index in [1.54, 1.807) is 0 Å². The van der Waals surface area contributed by atoms with Crippen LogP contribution in [0.25, 0.3) is 0 Å². The predicted molar refractivity (Wildman–Crippen MR) is 77.4 cm³/mol. The minimum absolute atomic E-state index is 0.0466. The lowest BCUT2D eigenvalue weighted by atomic mass is 9.98. The van der Waals surface area contributed by atoms with Gasteiger partial charge in [0.2, 0.25) is 0 Å². The monoisotopic (exact) mass is 261 g/mol. The Morgan fingerprint density at radius 1 is 1.21 bits per heavy atom. The Kier molecular flexibility index (Phi) is 3.33. The maximum Gasteiger partial charge on any atom is 0.331 e. The number of ether oxygens (including phenoxy) is 1. The second kappa shape index (κ2) is 4.55. The van der Waals surface area contributed by atoms with Crippen molar-refractivity contribution in [1.29, 1.82) is 0 Å². The molecular weight excluding hydrogens is 238 g/mol. The highest BCUT2D eigenvalue weighted by molar-refractivity contribution is 5.86. The summed E-state index contributed by atoms with van der Waals surface area (Å²) in [6, 6.07) is 8.22. The molecular formula is C16H23NO2. The smallest absolute Gasteiger partial charge is 0.331 e. The summed E-state index contributed by atoms with van der Waals surface area (Å²) < 4.78 is 5.04. The van der Waals surface area contributed by atoms with Gasteiger partial charge in [-0.1, -0.05) is 18.2 Å². The predicted octanol–water partition coefficient (Wildman–Crippen LogP) is 3.31. The van der Waals surface area contributed by atoms with Crippen molar-refractivity contribution < 1.29 is 9.53 Å². The number of hydrogen-bond acceptors (Lipinski definition) is 3. The Labute approximate surface area is 115 Å². The largest absolute Gasteiger partial charge is 0.467 e. The van der Waals surface area contributed by atoms with Gasteiger partial charge in [-0.15, -0.1) is 0 Å². The van der Waals surface area contributed by atoms with E-state index in [-0.39, 0.29) is 11.5 Å². The molecule has 1 atom stereocenters. The lowest BCUT2D eigenvalue weighted by Crippen LogP contribution is -2.55. The van der Waals surface area contributed by atoms with E-state index in [4.69, 9.17) is 4.74 Å². The second-order valence-corrected chi connectivity index (χ2v) is 6.20. The zero-order valence-corrected chi connectivity index (χ0v) is 12.5.